The van der Waals surface area contributed by atoms with Crippen molar-refractivity contribution >= 4 is 33.2 Å². The molecule has 0 unspecified atom stereocenters. The summed E-state index contributed by atoms with van der Waals surface area (Å²) < 4.78 is 29.5. The van der Waals surface area contributed by atoms with Gasteiger partial charge in [-0.3, -0.25) is 9.10 Å². The zero-order valence-corrected chi connectivity index (χ0v) is 17.3. The average molecular weight is 411 g/mol. The number of carbonyl (C=O) groups excluding carboxylic acids is 1. The maximum atomic E-state index is 12.7. The van der Waals surface area contributed by atoms with Crippen LogP contribution in [0.15, 0.2) is 42.5 Å². The first-order valence-electron chi connectivity index (χ1n) is 8.35. The number of halogens is 1. The molecule has 0 saturated carbocycles. The lowest BCUT2D eigenvalue weighted by atomic mass is 10.0. The Bertz CT molecular complexity index is 914. The van der Waals surface area contributed by atoms with Gasteiger partial charge in [-0.15, -0.1) is 0 Å². The summed E-state index contributed by atoms with van der Waals surface area (Å²) in [6.07, 6.45) is 1.80. The molecule has 0 aliphatic heterocycles. The van der Waals surface area contributed by atoms with Gasteiger partial charge in [-0.2, -0.15) is 0 Å². The molecule has 0 radical (unpaired) electrons. The van der Waals surface area contributed by atoms with Crippen LogP contribution in [-0.2, 0) is 10.0 Å². The normalized spacial score (nSPS) is 12.3. The number of sulfonamides is 1. The summed E-state index contributed by atoms with van der Waals surface area (Å²) in [7, 11) is -0.380. The van der Waals surface area contributed by atoms with Gasteiger partial charge in [0.2, 0.25) is 10.0 Å². The lowest BCUT2D eigenvalue weighted by Gasteiger charge is -2.20. The van der Waals surface area contributed by atoms with E-state index in [1.165, 1.54) is 19.2 Å². The highest BCUT2D eigenvalue weighted by molar-refractivity contribution is 7.92. The van der Waals surface area contributed by atoms with Gasteiger partial charge >= 0.3 is 0 Å². The first-order chi connectivity index (χ1) is 12.7. The Labute approximate surface area is 165 Å². The Morgan fingerprint density at radius 3 is 2.33 bits per heavy atom. The summed E-state index contributed by atoms with van der Waals surface area (Å²) in [6.45, 7) is 1.97. The average Bonchev–Trinajstić information content (AvgIpc) is 2.64. The molecule has 0 fully saturated rings. The van der Waals surface area contributed by atoms with Gasteiger partial charge in [0, 0.05) is 7.05 Å². The van der Waals surface area contributed by atoms with Crippen LogP contribution in [0.1, 0.15) is 35.3 Å². The quantitative estimate of drug-likeness (QED) is 0.756. The van der Waals surface area contributed by atoms with Crippen molar-refractivity contribution in [3.8, 4) is 5.75 Å². The summed E-state index contributed by atoms with van der Waals surface area (Å²) in [5, 5.41) is 3.15. The molecule has 2 aromatic carbocycles. The molecular weight excluding hydrogens is 388 g/mol. The molecule has 0 aromatic heterocycles. The molecule has 0 saturated heterocycles. The van der Waals surface area contributed by atoms with E-state index in [4.69, 9.17) is 16.3 Å². The zero-order chi connectivity index (χ0) is 20.2. The number of amides is 1. The maximum Gasteiger partial charge on any atom is 0.253 e. The molecule has 1 atom stereocenters. The fourth-order valence-corrected chi connectivity index (χ4v) is 3.33. The fraction of sp³-hybridized carbons (Fsp3) is 0.316. The summed E-state index contributed by atoms with van der Waals surface area (Å²) in [5.74, 6) is 0.421. The summed E-state index contributed by atoms with van der Waals surface area (Å²) in [4.78, 5) is 12.7. The predicted molar refractivity (Wildman–Crippen MR) is 108 cm³/mol. The lowest BCUT2D eigenvalue weighted by Crippen LogP contribution is -2.29. The van der Waals surface area contributed by atoms with E-state index in [0.717, 1.165) is 21.9 Å². The van der Waals surface area contributed by atoms with E-state index >= 15 is 0 Å². The molecule has 0 heterocycles. The van der Waals surface area contributed by atoms with Crippen LogP contribution >= 0.6 is 11.6 Å². The molecule has 1 amide bonds. The Balaban J connectivity index is 2.20. The van der Waals surface area contributed by atoms with Crippen LogP contribution in [0.25, 0.3) is 0 Å². The van der Waals surface area contributed by atoms with Gasteiger partial charge in [-0.25, -0.2) is 8.42 Å². The summed E-state index contributed by atoms with van der Waals surface area (Å²) >= 11 is 6.23. The van der Waals surface area contributed by atoms with Gasteiger partial charge in [0.1, 0.15) is 5.75 Å². The van der Waals surface area contributed by atoms with Crippen molar-refractivity contribution < 1.29 is 17.9 Å². The highest BCUT2D eigenvalue weighted by atomic mass is 35.5. The van der Waals surface area contributed by atoms with Gasteiger partial charge in [0.05, 0.1) is 35.7 Å². The van der Waals surface area contributed by atoms with Crippen LogP contribution in [-0.4, -0.2) is 34.7 Å². The van der Waals surface area contributed by atoms with Crippen molar-refractivity contribution in [1.29, 1.82) is 0 Å². The Morgan fingerprint density at radius 1 is 1.22 bits per heavy atom. The second-order valence-electron chi connectivity index (χ2n) is 6.10. The number of ether oxygens (including phenoxy) is 1. The summed E-state index contributed by atoms with van der Waals surface area (Å²) in [5.41, 5.74) is 1.63. The molecule has 8 heteroatoms. The topological polar surface area (TPSA) is 75.7 Å². The molecule has 2 rings (SSSR count). The van der Waals surface area contributed by atoms with E-state index in [-0.39, 0.29) is 22.5 Å². The number of nitrogens with zero attached hydrogens (tertiary/aromatic N) is 1. The third-order valence-electron chi connectivity index (χ3n) is 4.29. The lowest BCUT2D eigenvalue weighted by molar-refractivity contribution is 0.0935. The molecule has 2 aromatic rings. The first-order valence-corrected chi connectivity index (χ1v) is 10.6. The van der Waals surface area contributed by atoms with Crippen LogP contribution in [0.3, 0.4) is 0 Å². The number of anilines is 1. The van der Waals surface area contributed by atoms with E-state index in [2.05, 4.69) is 5.32 Å². The second-order valence-corrected chi connectivity index (χ2v) is 8.52. The highest BCUT2D eigenvalue weighted by Crippen LogP contribution is 2.26. The van der Waals surface area contributed by atoms with Gasteiger partial charge < -0.3 is 10.1 Å². The van der Waals surface area contributed by atoms with Crippen LogP contribution in [0.4, 0.5) is 5.69 Å². The number of nitrogens with one attached hydrogen (secondary N) is 1. The SMILES string of the molecule is CC[C@H](NC(=O)c1ccc(N(C)S(C)(=O)=O)cc1Cl)c1ccc(OC)cc1. The minimum atomic E-state index is -3.41. The number of hydrogen-bond acceptors (Lipinski definition) is 4. The minimum absolute atomic E-state index is 0.183. The Hall–Kier alpha value is -2.25. The molecule has 27 heavy (non-hydrogen) atoms. The monoisotopic (exact) mass is 410 g/mol. The van der Waals surface area contributed by atoms with Crippen molar-refractivity contribution in [3.63, 3.8) is 0 Å². The fourth-order valence-electron chi connectivity index (χ4n) is 2.57. The molecule has 6 nitrogen and oxygen atoms in total. The van der Waals surface area contributed by atoms with Gasteiger partial charge in [0.25, 0.3) is 5.91 Å². The molecule has 0 spiro atoms. The van der Waals surface area contributed by atoms with Crippen molar-refractivity contribution in [3.05, 3.63) is 58.6 Å². The standard InChI is InChI=1S/C19H23ClN2O4S/c1-5-18(13-6-9-15(26-3)10-7-13)21-19(23)16-11-8-14(12-17(16)20)22(2)27(4,24)25/h6-12,18H,5H2,1-4H3,(H,21,23)/t18-/m0/s1. The van der Waals surface area contributed by atoms with Gasteiger partial charge in [-0.05, 0) is 42.3 Å². The van der Waals surface area contributed by atoms with E-state index in [1.54, 1.807) is 13.2 Å². The van der Waals surface area contributed by atoms with Crippen molar-refractivity contribution in [2.24, 2.45) is 0 Å². The number of rotatable bonds is 7. The van der Waals surface area contributed by atoms with E-state index < -0.39 is 10.0 Å². The number of carbonyl (C=O) groups is 1. The second kappa shape index (κ2) is 8.63. The van der Waals surface area contributed by atoms with Crippen LogP contribution in [0.5, 0.6) is 5.75 Å². The Kier molecular flexibility index (Phi) is 6.73. The molecule has 0 aliphatic carbocycles. The summed E-state index contributed by atoms with van der Waals surface area (Å²) in [6, 6.07) is 11.8. The van der Waals surface area contributed by atoms with E-state index in [1.807, 2.05) is 31.2 Å². The van der Waals surface area contributed by atoms with Crippen LogP contribution in [0.2, 0.25) is 5.02 Å². The third-order valence-corrected chi connectivity index (χ3v) is 5.81. The number of methoxy groups -OCH3 is 1. The van der Waals surface area contributed by atoms with Crippen LogP contribution < -0.4 is 14.4 Å². The molecule has 0 aliphatic rings. The Morgan fingerprint density at radius 2 is 1.85 bits per heavy atom. The molecular formula is C19H23ClN2O4S. The third kappa shape index (κ3) is 5.14. The smallest absolute Gasteiger partial charge is 0.253 e. The molecule has 1 N–H and O–H groups in total. The zero-order valence-electron chi connectivity index (χ0n) is 15.7. The van der Waals surface area contributed by atoms with Crippen molar-refractivity contribution in [1.82, 2.24) is 5.32 Å². The number of benzene rings is 2. The molecule has 0 bridgehead atoms. The first kappa shape index (κ1) is 21.1. The van der Waals surface area contributed by atoms with Crippen molar-refractivity contribution in [2.75, 3.05) is 24.7 Å². The predicted octanol–water partition coefficient (Wildman–Crippen LogP) is 3.63. The van der Waals surface area contributed by atoms with Gasteiger partial charge in [-0.1, -0.05) is 30.7 Å². The minimum Gasteiger partial charge on any atom is -0.497 e. The maximum absolute atomic E-state index is 12.7. The van der Waals surface area contributed by atoms with Gasteiger partial charge in [0.15, 0.2) is 0 Å². The van der Waals surface area contributed by atoms with E-state index in [9.17, 15) is 13.2 Å². The molecule has 146 valence electrons. The number of hydrogen-bond donors (Lipinski definition) is 1. The van der Waals surface area contributed by atoms with E-state index in [0.29, 0.717) is 12.1 Å². The highest BCUT2D eigenvalue weighted by Gasteiger charge is 2.19. The van der Waals surface area contributed by atoms with Crippen LogP contribution in [0, 0.1) is 0 Å². The largest absolute Gasteiger partial charge is 0.497 e. The van der Waals surface area contributed by atoms with Crippen molar-refractivity contribution in [2.45, 2.75) is 19.4 Å².